The molecule has 0 radical (unpaired) electrons. The average Bonchev–Trinajstić information content (AvgIpc) is 2.41. The monoisotopic (exact) mass is 370 g/mol. The van der Waals surface area contributed by atoms with Gasteiger partial charge in [-0.2, -0.15) is 0 Å². The molecule has 112 valence electrons. The van der Waals surface area contributed by atoms with Crippen molar-refractivity contribution in [1.29, 1.82) is 0 Å². The molecular formula is C17H17BrClFO. The fourth-order valence-electron chi connectivity index (χ4n) is 2.05. The van der Waals surface area contributed by atoms with Crippen LogP contribution in [0.5, 0.6) is 5.75 Å². The number of ether oxygens (including phenoxy) is 1. The summed E-state index contributed by atoms with van der Waals surface area (Å²) in [6.45, 7) is 4.47. The lowest BCUT2D eigenvalue weighted by molar-refractivity contribution is 0.299. The smallest absolute Gasteiger partial charge is 0.131 e. The van der Waals surface area contributed by atoms with Crippen LogP contribution in [0.4, 0.5) is 4.39 Å². The van der Waals surface area contributed by atoms with Gasteiger partial charge in [0.1, 0.15) is 18.2 Å². The van der Waals surface area contributed by atoms with Crippen molar-refractivity contribution in [3.8, 4) is 5.75 Å². The minimum atomic E-state index is -0.349. The maximum atomic E-state index is 13.7. The highest BCUT2D eigenvalue weighted by molar-refractivity contribution is 9.10. The highest BCUT2D eigenvalue weighted by atomic mass is 79.9. The van der Waals surface area contributed by atoms with E-state index in [0.717, 1.165) is 10.9 Å². The van der Waals surface area contributed by atoms with Crippen molar-refractivity contribution in [2.75, 3.05) is 0 Å². The Labute approximate surface area is 138 Å². The third-order valence-electron chi connectivity index (χ3n) is 3.10. The molecule has 2 aromatic carbocycles. The first-order valence-electron chi connectivity index (χ1n) is 6.81. The molecular weight excluding hydrogens is 355 g/mol. The maximum absolute atomic E-state index is 13.7. The molecule has 21 heavy (non-hydrogen) atoms. The van der Waals surface area contributed by atoms with E-state index in [1.54, 1.807) is 12.1 Å². The van der Waals surface area contributed by atoms with Crippen molar-refractivity contribution in [1.82, 2.24) is 0 Å². The fraction of sp³-hybridized carbons (Fsp3) is 0.294. The zero-order valence-electron chi connectivity index (χ0n) is 12.0. The summed E-state index contributed by atoms with van der Waals surface area (Å²) in [5, 5.41) is 0.380. The van der Waals surface area contributed by atoms with E-state index >= 15 is 0 Å². The zero-order valence-corrected chi connectivity index (χ0v) is 14.3. The van der Waals surface area contributed by atoms with Crippen molar-refractivity contribution < 1.29 is 9.13 Å². The van der Waals surface area contributed by atoms with Gasteiger partial charge in [0.15, 0.2) is 0 Å². The van der Waals surface area contributed by atoms with Gasteiger partial charge < -0.3 is 4.74 Å². The van der Waals surface area contributed by atoms with E-state index in [1.807, 2.05) is 18.2 Å². The highest BCUT2D eigenvalue weighted by Crippen LogP contribution is 2.27. The summed E-state index contributed by atoms with van der Waals surface area (Å²) < 4.78 is 20.3. The van der Waals surface area contributed by atoms with E-state index < -0.39 is 0 Å². The molecule has 0 aliphatic carbocycles. The van der Waals surface area contributed by atoms with Crippen molar-refractivity contribution in [3.05, 3.63) is 62.8 Å². The predicted molar refractivity (Wildman–Crippen MR) is 88.4 cm³/mol. The Morgan fingerprint density at radius 3 is 2.62 bits per heavy atom. The molecule has 1 nitrogen and oxygen atoms in total. The first-order chi connectivity index (χ1) is 9.97. The van der Waals surface area contributed by atoms with Crippen LogP contribution in [0.2, 0.25) is 5.02 Å². The molecule has 0 heterocycles. The van der Waals surface area contributed by atoms with Crippen LogP contribution >= 0.6 is 27.5 Å². The number of benzene rings is 2. The van der Waals surface area contributed by atoms with E-state index in [9.17, 15) is 4.39 Å². The Morgan fingerprint density at radius 1 is 1.24 bits per heavy atom. The molecule has 2 aromatic rings. The van der Waals surface area contributed by atoms with Crippen molar-refractivity contribution in [2.45, 2.75) is 26.9 Å². The van der Waals surface area contributed by atoms with Crippen LogP contribution in [0.3, 0.4) is 0 Å². The van der Waals surface area contributed by atoms with E-state index in [0.29, 0.717) is 22.3 Å². The summed E-state index contributed by atoms with van der Waals surface area (Å²) in [5.41, 5.74) is 1.61. The molecule has 2 rings (SSSR count). The first-order valence-corrected chi connectivity index (χ1v) is 7.98. The molecule has 0 saturated carbocycles. The Balaban J connectivity index is 2.09. The summed E-state index contributed by atoms with van der Waals surface area (Å²) in [6.07, 6.45) is 1.00. The third kappa shape index (κ3) is 4.45. The summed E-state index contributed by atoms with van der Waals surface area (Å²) in [5.74, 6) is 0.928. The molecule has 0 aliphatic rings. The zero-order chi connectivity index (χ0) is 15.4. The number of rotatable bonds is 5. The van der Waals surface area contributed by atoms with Crippen molar-refractivity contribution in [2.24, 2.45) is 5.92 Å². The van der Waals surface area contributed by atoms with Crippen LogP contribution in [0.25, 0.3) is 0 Å². The van der Waals surface area contributed by atoms with Gasteiger partial charge in [0.2, 0.25) is 0 Å². The van der Waals surface area contributed by atoms with Crippen molar-refractivity contribution >= 4 is 27.5 Å². The van der Waals surface area contributed by atoms with Gasteiger partial charge in [-0.3, -0.25) is 0 Å². The second kappa shape index (κ2) is 7.28. The minimum absolute atomic E-state index is 0.113. The second-order valence-electron chi connectivity index (χ2n) is 5.34. The van der Waals surface area contributed by atoms with Crippen LogP contribution in [0.15, 0.2) is 40.9 Å². The molecule has 0 bridgehead atoms. The van der Waals surface area contributed by atoms with Crippen LogP contribution in [0, 0.1) is 11.7 Å². The number of halogens is 3. The molecule has 0 atom stereocenters. The lowest BCUT2D eigenvalue weighted by atomic mass is 10.0. The lowest BCUT2D eigenvalue weighted by Gasteiger charge is -2.12. The summed E-state index contributed by atoms with van der Waals surface area (Å²) >= 11 is 9.53. The van der Waals surface area contributed by atoms with Gasteiger partial charge in [0.25, 0.3) is 0 Å². The standard InChI is InChI=1S/C17H17BrClFO/c1-11(2)8-12-6-7-13(9-15(12)18)21-10-14-16(19)4-3-5-17(14)20/h3-7,9,11H,8,10H2,1-2H3. The molecule has 0 fully saturated rings. The summed E-state index contributed by atoms with van der Waals surface area (Å²) in [4.78, 5) is 0. The SMILES string of the molecule is CC(C)Cc1ccc(OCc2c(F)cccc2Cl)cc1Br. The van der Waals surface area contributed by atoms with Gasteiger partial charge in [-0.25, -0.2) is 4.39 Å². The maximum Gasteiger partial charge on any atom is 0.131 e. The van der Waals surface area contributed by atoms with E-state index in [-0.39, 0.29) is 12.4 Å². The molecule has 4 heteroatoms. The van der Waals surface area contributed by atoms with E-state index in [1.165, 1.54) is 11.6 Å². The van der Waals surface area contributed by atoms with Gasteiger partial charge >= 0.3 is 0 Å². The van der Waals surface area contributed by atoms with Gasteiger partial charge in [0.05, 0.1) is 5.02 Å². The van der Waals surface area contributed by atoms with Gasteiger partial charge in [-0.05, 0) is 42.2 Å². The Bertz CT molecular complexity index is 608. The normalized spacial score (nSPS) is 11.0. The highest BCUT2D eigenvalue weighted by Gasteiger charge is 2.09. The summed E-state index contributed by atoms with van der Waals surface area (Å²) in [7, 11) is 0. The number of hydrogen-bond acceptors (Lipinski definition) is 1. The molecule has 0 saturated heterocycles. The Kier molecular flexibility index (Phi) is 5.65. The second-order valence-corrected chi connectivity index (χ2v) is 6.60. The van der Waals surface area contributed by atoms with Crippen LogP contribution < -0.4 is 4.74 Å². The fourth-order valence-corrected chi connectivity index (χ4v) is 2.79. The predicted octanol–water partition coefficient (Wildman–Crippen LogP) is 6.02. The Morgan fingerprint density at radius 2 is 2.00 bits per heavy atom. The first kappa shape index (κ1) is 16.3. The van der Waals surface area contributed by atoms with Crippen LogP contribution in [-0.2, 0) is 13.0 Å². The van der Waals surface area contributed by atoms with E-state index in [4.69, 9.17) is 16.3 Å². The molecule has 0 spiro atoms. The van der Waals surface area contributed by atoms with Crippen LogP contribution in [-0.4, -0.2) is 0 Å². The molecule has 0 unspecified atom stereocenters. The van der Waals surface area contributed by atoms with Gasteiger partial charge in [-0.1, -0.05) is 53.5 Å². The third-order valence-corrected chi connectivity index (χ3v) is 4.19. The lowest BCUT2D eigenvalue weighted by Crippen LogP contribution is -2.00. The largest absolute Gasteiger partial charge is 0.489 e. The molecule has 0 aliphatic heterocycles. The Hall–Kier alpha value is -1.06. The molecule has 0 amide bonds. The van der Waals surface area contributed by atoms with E-state index in [2.05, 4.69) is 29.8 Å². The van der Waals surface area contributed by atoms with Gasteiger partial charge in [0, 0.05) is 10.0 Å². The summed E-state index contributed by atoms with van der Waals surface area (Å²) in [6, 6.07) is 10.5. The van der Waals surface area contributed by atoms with Crippen LogP contribution in [0.1, 0.15) is 25.0 Å². The molecule has 0 N–H and O–H groups in total. The van der Waals surface area contributed by atoms with Crippen molar-refractivity contribution in [3.63, 3.8) is 0 Å². The quantitative estimate of drug-likeness (QED) is 0.624. The number of hydrogen-bond donors (Lipinski definition) is 0. The minimum Gasteiger partial charge on any atom is -0.489 e. The van der Waals surface area contributed by atoms with Gasteiger partial charge in [-0.15, -0.1) is 0 Å². The topological polar surface area (TPSA) is 9.23 Å². The average molecular weight is 372 g/mol. The molecule has 0 aromatic heterocycles.